The maximum absolute atomic E-state index is 12.4. The van der Waals surface area contributed by atoms with Gasteiger partial charge in [0.2, 0.25) is 0 Å². The normalized spacial score (nSPS) is 19.9. The number of aromatic nitrogens is 2. The summed E-state index contributed by atoms with van der Waals surface area (Å²) in [6.07, 6.45) is 2.65. The highest BCUT2D eigenvalue weighted by molar-refractivity contribution is 5.78. The van der Waals surface area contributed by atoms with Crippen LogP contribution in [0.15, 0.2) is 42.7 Å². The zero-order valence-corrected chi connectivity index (χ0v) is 15.3. The second-order valence-corrected chi connectivity index (χ2v) is 6.83. The van der Waals surface area contributed by atoms with Gasteiger partial charge in [0.1, 0.15) is 17.9 Å². The highest BCUT2D eigenvalue weighted by Crippen LogP contribution is 2.25. The van der Waals surface area contributed by atoms with E-state index in [-0.39, 0.29) is 12.5 Å². The maximum Gasteiger partial charge on any atom is 0.260 e. The van der Waals surface area contributed by atoms with Crippen molar-refractivity contribution in [2.24, 2.45) is 0 Å². The van der Waals surface area contributed by atoms with Gasteiger partial charge in [-0.3, -0.25) is 4.79 Å². The number of benzene rings is 1. The van der Waals surface area contributed by atoms with E-state index >= 15 is 0 Å². The summed E-state index contributed by atoms with van der Waals surface area (Å²) in [7, 11) is 0. The van der Waals surface area contributed by atoms with Crippen LogP contribution in [0.3, 0.4) is 0 Å². The van der Waals surface area contributed by atoms with Crippen molar-refractivity contribution in [3.63, 3.8) is 0 Å². The Labute approximate surface area is 158 Å². The number of nitrogens with zero attached hydrogens (tertiary/aromatic N) is 4. The summed E-state index contributed by atoms with van der Waals surface area (Å²) in [5.41, 5.74) is 1.05. The number of anilines is 1. The van der Waals surface area contributed by atoms with E-state index in [2.05, 4.69) is 20.9 Å². The fourth-order valence-corrected chi connectivity index (χ4v) is 3.46. The van der Waals surface area contributed by atoms with Crippen LogP contribution in [-0.2, 0) is 9.53 Å². The molecule has 0 bridgehead atoms. The molecule has 2 aliphatic rings. The molecule has 1 atom stereocenters. The third-order valence-corrected chi connectivity index (χ3v) is 5.08. The van der Waals surface area contributed by atoms with Crippen molar-refractivity contribution < 1.29 is 14.3 Å². The SMILES string of the molecule is O=C(COc1ccccc1)N1CCN(c2cc([C@H]3CCOC3)ncn2)CC1. The lowest BCUT2D eigenvalue weighted by atomic mass is 10.0. The number of hydrogen-bond acceptors (Lipinski definition) is 6. The Kier molecular flexibility index (Phi) is 5.48. The molecule has 0 saturated carbocycles. The molecular weight excluding hydrogens is 344 g/mol. The van der Waals surface area contributed by atoms with E-state index in [1.54, 1.807) is 6.33 Å². The van der Waals surface area contributed by atoms with E-state index < -0.39 is 0 Å². The number of amides is 1. The van der Waals surface area contributed by atoms with Crippen molar-refractivity contribution in [1.29, 1.82) is 0 Å². The van der Waals surface area contributed by atoms with Crippen LogP contribution in [0.25, 0.3) is 0 Å². The van der Waals surface area contributed by atoms with Crippen LogP contribution < -0.4 is 9.64 Å². The van der Waals surface area contributed by atoms with Crippen molar-refractivity contribution in [1.82, 2.24) is 14.9 Å². The first-order chi connectivity index (χ1) is 13.3. The zero-order chi connectivity index (χ0) is 18.5. The lowest BCUT2D eigenvalue weighted by molar-refractivity contribution is -0.133. The lowest BCUT2D eigenvalue weighted by Crippen LogP contribution is -2.50. The third kappa shape index (κ3) is 4.36. The number of rotatable bonds is 5. The molecule has 0 radical (unpaired) electrons. The van der Waals surface area contributed by atoms with Gasteiger partial charge in [-0.25, -0.2) is 9.97 Å². The van der Waals surface area contributed by atoms with Gasteiger partial charge in [-0.05, 0) is 18.6 Å². The number of carbonyl (C=O) groups is 1. The van der Waals surface area contributed by atoms with Crippen LogP contribution in [0, 0.1) is 0 Å². The largest absolute Gasteiger partial charge is 0.484 e. The molecule has 27 heavy (non-hydrogen) atoms. The van der Waals surface area contributed by atoms with Gasteiger partial charge >= 0.3 is 0 Å². The lowest BCUT2D eigenvalue weighted by Gasteiger charge is -2.35. The average molecular weight is 368 g/mol. The summed E-state index contributed by atoms with van der Waals surface area (Å²) < 4.78 is 11.0. The van der Waals surface area contributed by atoms with Crippen LogP contribution >= 0.6 is 0 Å². The van der Waals surface area contributed by atoms with Gasteiger partial charge < -0.3 is 19.3 Å². The quantitative estimate of drug-likeness (QED) is 0.800. The average Bonchev–Trinajstić information content (AvgIpc) is 3.28. The van der Waals surface area contributed by atoms with Crippen LogP contribution in [-0.4, -0.2) is 66.8 Å². The summed E-state index contributed by atoms with van der Waals surface area (Å²) in [6, 6.07) is 11.5. The molecule has 2 aromatic rings. The van der Waals surface area contributed by atoms with Crippen LogP contribution in [0.4, 0.5) is 5.82 Å². The maximum atomic E-state index is 12.4. The smallest absolute Gasteiger partial charge is 0.260 e. The van der Waals surface area contributed by atoms with Gasteiger partial charge in [-0.2, -0.15) is 0 Å². The predicted octanol–water partition coefficient (Wildman–Crippen LogP) is 1.71. The number of hydrogen-bond donors (Lipinski definition) is 0. The number of para-hydroxylation sites is 1. The molecule has 1 amide bonds. The van der Waals surface area contributed by atoms with Gasteiger partial charge in [-0.1, -0.05) is 18.2 Å². The molecule has 2 aliphatic heterocycles. The molecule has 0 aliphatic carbocycles. The topological polar surface area (TPSA) is 67.8 Å². The van der Waals surface area contributed by atoms with Crippen molar-refractivity contribution >= 4 is 11.7 Å². The molecule has 1 aromatic carbocycles. The summed E-state index contributed by atoms with van der Waals surface area (Å²) in [5, 5.41) is 0. The molecule has 1 aromatic heterocycles. The van der Waals surface area contributed by atoms with Crippen LogP contribution in [0.1, 0.15) is 18.0 Å². The zero-order valence-electron chi connectivity index (χ0n) is 15.3. The summed E-state index contributed by atoms with van der Waals surface area (Å²) in [5.74, 6) is 2.03. The third-order valence-electron chi connectivity index (χ3n) is 5.08. The van der Waals surface area contributed by atoms with Gasteiger partial charge in [0.05, 0.1) is 12.3 Å². The van der Waals surface area contributed by atoms with Gasteiger partial charge in [-0.15, -0.1) is 0 Å². The number of carbonyl (C=O) groups excluding carboxylic acids is 1. The number of ether oxygens (including phenoxy) is 2. The van der Waals surface area contributed by atoms with Gasteiger partial charge in [0.15, 0.2) is 6.61 Å². The fraction of sp³-hybridized carbons (Fsp3) is 0.450. The first kappa shape index (κ1) is 17.7. The Bertz CT molecular complexity index is 757. The molecule has 3 heterocycles. The molecule has 142 valence electrons. The van der Waals surface area contributed by atoms with E-state index in [9.17, 15) is 4.79 Å². The minimum Gasteiger partial charge on any atom is -0.484 e. The van der Waals surface area contributed by atoms with E-state index in [0.717, 1.165) is 44.2 Å². The van der Waals surface area contributed by atoms with Crippen molar-refractivity contribution in [2.45, 2.75) is 12.3 Å². The molecule has 2 saturated heterocycles. The molecule has 4 rings (SSSR count). The monoisotopic (exact) mass is 368 g/mol. The highest BCUT2D eigenvalue weighted by atomic mass is 16.5. The van der Waals surface area contributed by atoms with Crippen molar-refractivity contribution in [3.05, 3.63) is 48.4 Å². The Balaban J connectivity index is 1.29. The first-order valence-corrected chi connectivity index (χ1v) is 9.40. The Morgan fingerprint density at radius 2 is 1.96 bits per heavy atom. The highest BCUT2D eigenvalue weighted by Gasteiger charge is 2.24. The van der Waals surface area contributed by atoms with Crippen LogP contribution in [0.2, 0.25) is 0 Å². The van der Waals surface area contributed by atoms with Crippen LogP contribution in [0.5, 0.6) is 5.75 Å². The van der Waals surface area contributed by atoms with E-state index in [0.29, 0.717) is 24.8 Å². The van der Waals surface area contributed by atoms with Crippen molar-refractivity contribution in [2.75, 3.05) is 50.9 Å². The molecule has 2 fully saturated rings. The van der Waals surface area contributed by atoms with E-state index in [4.69, 9.17) is 9.47 Å². The van der Waals surface area contributed by atoms with E-state index in [1.165, 1.54) is 0 Å². The molecule has 7 heteroatoms. The summed E-state index contributed by atoms with van der Waals surface area (Å²) >= 11 is 0. The van der Waals surface area contributed by atoms with E-state index in [1.807, 2.05) is 35.2 Å². The Morgan fingerprint density at radius 1 is 1.15 bits per heavy atom. The fourth-order valence-electron chi connectivity index (χ4n) is 3.46. The summed E-state index contributed by atoms with van der Waals surface area (Å²) in [6.45, 7) is 4.47. The second-order valence-electron chi connectivity index (χ2n) is 6.83. The molecule has 0 unspecified atom stereocenters. The molecular formula is C20H24N4O3. The minimum absolute atomic E-state index is 0.0185. The van der Waals surface area contributed by atoms with Gasteiger partial charge in [0, 0.05) is 44.8 Å². The molecule has 0 spiro atoms. The second kappa shape index (κ2) is 8.35. The predicted molar refractivity (Wildman–Crippen MR) is 101 cm³/mol. The summed E-state index contributed by atoms with van der Waals surface area (Å²) in [4.78, 5) is 25.3. The van der Waals surface area contributed by atoms with Crippen molar-refractivity contribution in [3.8, 4) is 5.75 Å². The van der Waals surface area contributed by atoms with Gasteiger partial charge in [0.25, 0.3) is 5.91 Å². The number of piperazine rings is 1. The minimum atomic E-state index is 0.0185. The molecule has 7 nitrogen and oxygen atoms in total. The first-order valence-electron chi connectivity index (χ1n) is 9.40. The Hall–Kier alpha value is -2.67. The Morgan fingerprint density at radius 3 is 2.70 bits per heavy atom. The molecule has 0 N–H and O–H groups in total. The standard InChI is InChI=1S/C20H24N4O3/c25-20(14-27-17-4-2-1-3-5-17)24-9-7-23(8-10-24)19-12-18(21-15-22-19)16-6-11-26-13-16/h1-5,12,15-16H,6-11,13-14H2/t16-/m0/s1.